The molecule has 2 aromatic rings. The standard InChI is InChI=1S/C22H31NO2/c1-6-24-22-13-18(9-10-21(22)25-15(2)3)12-19(14-23)20-11-16(4)7-8-17(20)5/h7-11,13,15,19H,6,12,14,23H2,1-5H3. The quantitative estimate of drug-likeness (QED) is 0.752. The largest absolute Gasteiger partial charge is 0.490 e. The van der Waals surface area contributed by atoms with Crippen molar-refractivity contribution in [2.24, 2.45) is 5.73 Å². The van der Waals surface area contributed by atoms with Crippen molar-refractivity contribution in [3.05, 3.63) is 58.7 Å². The van der Waals surface area contributed by atoms with E-state index in [1.165, 1.54) is 22.3 Å². The summed E-state index contributed by atoms with van der Waals surface area (Å²) in [4.78, 5) is 0. The van der Waals surface area contributed by atoms with Crippen LogP contribution >= 0.6 is 0 Å². The van der Waals surface area contributed by atoms with E-state index in [2.05, 4.69) is 44.2 Å². The monoisotopic (exact) mass is 341 g/mol. The van der Waals surface area contributed by atoms with Gasteiger partial charge in [0.1, 0.15) is 0 Å². The first-order valence-electron chi connectivity index (χ1n) is 9.14. The highest BCUT2D eigenvalue weighted by atomic mass is 16.5. The van der Waals surface area contributed by atoms with Crippen LogP contribution in [0.5, 0.6) is 11.5 Å². The van der Waals surface area contributed by atoms with Gasteiger partial charge in [0.25, 0.3) is 0 Å². The van der Waals surface area contributed by atoms with Gasteiger partial charge in [-0.25, -0.2) is 0 Å². The number of rotatable bonds is 8. The fourth-order valence-corrected chi connectivity index (χ4v) is 3.10. The van der Waals surface area contributed by atoms with E-state index in [0.29, 0.717) is 19.1 Å². The summed E-state index contributed by atoms with van der Waals surface area (Å²) in [5, 5.41) is 0. The molecule has 25 heavy (non-hydrogen) atoms. The lowest BCUT2D eigenvalue weighted by Gasteiger charge is -2.20. The molecule has 2 rings (SSSR count). The fourth-order valence-electron chi connectivity index (χ4n) is 3.10. The Morgan fingerprint density at radius 2 is 1.76 bits per heavy atom. The zero-order valence-corrected chi connectivity index (χ0v) is 16.1. The second-order valence-electron chi connectivity index (χ2n) is 6.88. The SMILES string of the molecule is CCOc1cc(CC(CN)c2cc(C)ccc2C)ccc1OC(C)C. The van der Waals surface area contributed by atoms with E-state index in [1.54, 1.807) is 0 Å². The van der Waals surface area contributed by atoms with Crippen molar-refractivity contribution in [2.75, 3.05) is 13.2 Å². The molecule has 0 aliphatic heterocycles. The number of aryl methyl sites for hydroxylation is 2. The number of benzene rings is 2. The van der Waals surface area contributed by atoms with E-state index in [-0.39, 0.29) is 6.10 Å². The third-order valence-corrected chi connectivity index (χ3v) is 4.31. The molecule has 0 radical (unpaired) electrons. The Hall–Kier alpha value is -2.00. The van der Waals surface area contributed by atoms with Gasteiger partial charge in [-0.2, -0.15) is 0 Å². The summed E-state index contributed by atoms with van der Waals surface area (Å²) in [5.41, 5.74) is 11.2. The Bertz CT molecular complexity index is 694. The van der Waals surface area contributed by atoms with Crippen LogP contribution in [0.4, 0.5) is 0 Å². The average molecular weight is 341 g/mol. The van der Waals surface area contributed by atoms with Crippen LogP contribution in [0.3, 0.4) is 0 Å². The average Bonchev–Trinajstić information content (AvgIpc) is 2.57. The minimum Gasteiger partial charge on any atom is -0.490 e. The molecule has 0 bridgehead atoms. The summed E-state index contributed by atoms with van der Waals surface area (Å²) < 4.78 is 11.6. The molecule has 0 fully saturated rings. The van der Waals surface area contributed by atoms with Crippen LogP contribution in [0.2, 0.25) is 0 Å². The predicted octanol–water partition coefficient (Wildman–Crippen LogP) is 4.77. The number of ether oxygens (including phenoxy) is 2. The third kappa shape index (κ3) is 5.23. The summed E-state index contributed by atoms with van der Waals surface area (Å²) in [7, 11) is 0. The van der Waals surface area contributed by atoms with Crippen molar-refractivity contribution in [3.8, 4) is 11.5 Å². The number of hydrogen-bond donors (Lipinski definition) is 1. The van der Waals surface area contributed by atoms with Gasteiger partial charge in [-0.1, -0.05) is 29.8 Å². The van der Waals surface area contributed by atoms with Gasteiger partial charge in [0.15, 0.2) is 11.5 Å². The Kier molecular flexibility index (Phi) is 6.89. The molecule has 2 N–H and O–H groups in total. The zero-order valence-electron chi connectivity index (χ0n) is 16.1. The Balaban J connectivity index is 2.27. The maximum absolute atomic E-state index is 6.11. The molecular formula is C22H31NO2. The second-order valence-corrected chi connectivity index (χ2v) is 6.88. The lowest BCUT2D eigenvalue weighted by atomic mass is 9.88. The number of hydrogen-bond acceptors (Lipinski definition) is 3. The lowest BCUT2D eigenvalue weighted by Crippen LogP contribution is -2.16. The molecule has 1 atom stereocenters. The van der Waals surface area contributed by atoms with E-state index in [1.807, 2.05) is 26.8 Å². The number of nitrogens with two attached hydrogens (primary N) is 1. The molecule has 1 unspecified atom stereocenters. The van der Waals surface area contributed by atoms with Crippen LogP contribution in [0.25, 0.3) is 0 Å². The smallest absolute Gasteiger partial charge is 0.161 e. The first kappa shape index (κ1) is 19.3. The van der Waals surface area contributed by atoms with E-state index < -0.39 is 0 Å². The van der Waals surface area contributed by atoms with E-state index in [9.17, 15) is 0 Å². The van der Waals surface area contributed by atoms with Crippen LogP contribution in [-0.2, 0) is 6.42 Å². The van der Waals surface area contributed by atoms with E-state index in [0.717, 1.165) is 17.9 Å². The van der Waals surface area contributed by atoms with Gasteiger partial charge in [0.2, 0.25) is 0 Å². The van der Waals surface area contributed by atoms with Crippen molar-refractivity contribution in [3.63, 3.8) is 0 Å². The van der Waals surface area contributed by atoms with E-state index in [4.69, 9.17) is 15.2 Å². The first-order valence-corrected chi connectivity index (χ1v) is 9.14. The van der Waals surface area contributed by atoms with Crippen molar-refractivity contribution in [1.82, 2.24) is 0 Å². The molecule has 0 saturated heterocycles. The molecule has 0 aliphatic carbocycles. The molecule has 2 aromatic carbocycles. The summed E-state index contributed by atoms with van der Waals surface area (Å²) in [6, 6.07) is 12.8. The van der Waals surface area contributed by atoms with Crippen molar-refractivity contribution < 1.29 is 9.47 Å². The zero-order chi connectivity index (χ0) is 18.4. The van der Waals surface area contributed by atoms with Crippen LogP contribution in [0.1, 0.15) is 48.9 Å². The maximum atomic E-state index is 6.11. The molecule has 0 aliphatic rings. The van der Waals surface area contributed by atoms with Crippen molar-refractivity contribution in [1.29, 1.82) is 0 Å². The van der Waals surface area contributed by atoms with Crippen LogP contribution in [0, 0.1) is 13.8 Å². The first-order chi connectivity index (χ1) is 11.9. The van der Waals surface area contributed by atoms with Crippen LogP contribution < -0.4 is 15.2 Å². The molecule has 0 aromatic heterocycles. The van der Waals surface area contributed by atoms with Crippen LogP contribution in [-0.4, -0.2) is 19.3 Å². The molecule has 0 saturated carbocycles. The Morgan fingerprint density at radius 3 is 2.40 bits per heavy atom. The molecule has 0 spiro atoms. The minimum absolute atomic E-state index is 0.122. The van der Waals surface area contributed by atoms with Gasteiger partial charge in [0.05, 0.1) is 12.7 Å². The highest BCUT2D eigenvalue weighted by Gasteiger charge is 2.15. The third-order valence-electron chi connectivity index (χ3n) is 4.31. The Labute approximate surface area is 152 Å². The molecular weight excluding hydrogens is 310 g/mol. The summed E-state index contributed by atoms with van der Waals surface area (Å²) >= 11 is 0. The molecule has 136 valence electrons. The predicted molar refractivity (Wildman–Crippen MR) is 105 cm³/mol. The molecule has 0 amide bonds. The Morgan fingerprint density at radius 1 is 1.00 bits per heavy atom. The van der Waals surface area contributed by atoms with Gasteiger partial charge in [-0.15, -0.1) is 0 Å². The highest BCUT2D eigenvalue weighted by molar-refractivity contribution is 5.44. The molecule has 3 heteroatoms. The summed E-state index contributed by atoms with van der Waals surface area (Å²) in [6.07, 6.45) is 1.01. The van der Waals surface area contributed by atoms with Gasteiger partial charge in [-0.05, 0) is 76.4 Å². The van der Waals surface area contributed by atoms with Gasteiger partial charge >= 0.3 is 0 Å². The lowest BCUT2D eigenvalue weighted by molar-refractivity contribution is 0.223. The van der Waals surface area contributed by atoms with Gasteiger partial charge in [-0.3, -0.25) is 0 Å². The van der Waals surface area contributed by atoms with Crippen LogP contribution in [0.15, 0.2) is 36.4 Å². The van der Waals surface area contributed by atoms with Gasteiger partial charge in [0, 0.05) is 5.92 Å². The minimum atomic E-state index is 0.122. The highest BCUT2D eigenvalue weighted by Crippen LogP contribution is 2.32. The van der Waals surface area contributed by atoms with Crippen molar-refractivity contribution >= 4 is 0 Å². The summed E-state index contributed by atoms with van der Waals surface area (Å²) in [6.45, 7) is 11.6. The normalized spacial score (nSPS) is 12.3. The van der Waals surface area contributed by atoms with Crippen molar-refractivity contribution in [2.45, 2.75) is 53.1 Å². The van der Waals surface area contributed by atoms with E-state index >= 15 is 0 Å². The molecule has 0 heterocycles. The summed E-state index contributed by atoms with van der Waals surface area (Å²) in [5.74, 6) is 1.91. The molecule has 3 nitrogen and oxygen atoms in total. The van der Waals surface area contributed by atoms with Gasteiger partial charge < -0.3 is 15.2 Å². The topological polar surface area (TPSA) is 44.5 Å². The second kappa shape index (κ2) is 8.91. The maximum Gasteiger partial charge on any atom is 0.161 e. The fraction of sp³-hybridized carbons (Fsp3) is 0.455.